The fraction of sp³-hybridized carbons (Fsp3) is 0.769. The predicted molar refractivity (Wildman–Crippen MR) is 72.9 cm³/mol. The zero-order valence-electron chi connectivity index (χ0n) is 11.3. The van der Waals surface area contributed by atoms with E-state index >= 15 is 0 Å². The van der Waals surface area contributed by atoms with Gasteiger partial charge in [-0.3, -0.25) is 4.90 Å². The topological polar surface area (TPSA) is 36.3 Å². The summed E-state index contributed by atoms with van der Waals surface area (Å²) < 4.78 is 2.28. The van der Waals surface area contributed by atoms with Crippen LogP contribution in [0.4, 0.5) is 5.95 Å². The number of piperazine rings is 1. The number of likely N-dealkylation sites (N-methyl/N-ethyl adjacent to an activating group) is 2. The van der Waals surface area contributed by atoms with Gasteiger partial charge >= 0.3 is 0 Å². The smallest absolute Gasteiger partial charge is 0.203 e. The molecule has 1 unspecified atom stereocenters. The predicted octanol–water partition coefficient (Wildman–Crippen LogP) is 0.876. The normalized spacial score (nSPS) is 26.4. The number of nitrogens with one attached hydrogen (secondary N) is 1. The maximum absolute atomic E-state index is 4.43. The second-order valence-corrected chi connectivity index (χ2v) is 5.67. The summed E-state index contributed by atoms with van der Waals surface area (Å²) in [5, 5.41) is 3.52. The Labute approximate surface area is 109 Å². The van der Waals surface area contributed by atoms with Crippen molar-refractivity contribution in [1.82, 2.24) is 19.4 Å². The van der Waals surface area contributed by atoms with E-state index in [1.54, 1.807) is 0 Å². The summed E-state index contributed by atoms with van der Waals surface area (Å²) in [6.07, 6.45) is 6.60. The monoisotopic (exact) mass is 249 g/mol. The van der Waals surface area contributed by atoms with E-state index in [2.05, 4.69) is 45.0 Å². The van der Waals surface area contributed by atoms with Crippen LogP contribution in [-0.4, -0.2) is 65.7 Å². The molecule has 1 aromatic rings. The van der Waals surface area contributed by atoms with Crippen LogP contribution >= 0.6 is 0 Å². The van der Waals surface area contributed by atoms with Crippen LogP contribution in [0.2, 0.25) is 0 Å². The molecule has 5 nitrogen and oxygen atoms in total. The molecule has 1 aromatic heterocycles. The first kappa shape index (κ1) is 12.0. The van der Waals surface area contributed by atoms with Gasteiger partial charge in [-0.1, -0.05) is 0 Å². The molecule has 100 valence electrons. The molecule has 0 radical (unpaired) electrons. The quantitative estimate of drug-likeness (QED) is 0.859. The van der Waals surface area contributed by atoms with E-state index in [0.717, 1.165) is 25.6 Å². The van der Waals surface area contributed by atoms with Crippen LogP contribution in [0.25, 0.3) is 0 Å². The number of hydrogen-bond donors (Lipinski definition) is 1. The third kappa shape index (κ3) is 2.52. The van der Waals surface area contributed by atoms with Crippen molar-refractivity contribution in [2.45, 2.75) is 24.9 Å². The first-order valence-electron chi connectivity index (χ1n) is 6.89. The van der Waals surface area contributed by atoms with Gasteiger partial charge in [0.1, 0.15) is 0 Å². The first-order valence-corrected chi connectivity index (χ1v) is 6.89. The molecule has 1 aliphatic heterocycles. The molecule has 3 rings (SSSR count). The Hall–Kier alpha value is -1.07. The minimum atomic E-state index is 0.577. The summed E-state index contributed by atoms with van der Waals surface area (Å²) in [5.41, 5.74) is 0. The Morgan fingerprint density at radius 2 is 2.17 bits per heavy atom. The minimum absolute atomic E-state index is 0.577. The highest BCUT2D eigenvalue weighted by Gasteiger charge is 2.26. The van der Waals surface area contributed by atoms with Crippen LogP contribution < -0.4 is 5.32 Å². The van der Waals surface area contributed by atoms with Crippen LogP contribution in [0.15, 0.2) is 12.4 Å². The lowest BCUT2D eigenvalue weighted by Crippen LogP contribution is -2.52. The minimum Gasteiger partial charge on any atom is -0.354 e. The van der Waals surface area contributed by atoms with Gasteiger partial charge in [0.05, 0.1) is 0 Å². The number of anilines is 1. The number of nitrogens with zero attached hydrogens (tertiary/aromatic N) is 4. The van der Waals surface area contributed by atoms with Crippen molar-refractivity contribution in [3.05, 3.63) is 12.4 Å². The lowest BCUT2D eigenvalue weighted by atomic mass is 10.2. The molecule has 1 aliphatic carbocycles. The van der Waals surface area contributed by atoms with Crippen LogP contribution in [0.1, 0.15) is 18.9 Å². The molecule has 1 N–H and O–H groups in total. The molecule has 1 saturated carbocycles. The SMILES string of the molecule is CN1CCN(C)C(CNc2nccn2C2CC2)C1. The van der Waals surface area contributed by atoms with Crippen molar-refractivity contribution in [2.24, 2.45) is 0 Å². The van der Waals surface area contributed by atoms with E-state index in [1.165, 1.54) is 19.4 Å². The van der Waals surface area contributed by atoms with E-state index in [-0.39, 0.29) is 0 Å². The molecule has 2 fully saturated rings. The average molecular weight is 249 g/mol. The Balaban J connectivity index is 1.58. The van der Waals surface area contributed by atoms with Crippen LogP contribution in [0.3, 0.4) is 0 Å². The second kappa shape index (κ2) is 4.90. The van der Waals surface area contributed by atoms with Crippen molar-refractivity contribution in [1.29, 1.82) is 0 Å². The lowest BCUT2D eigenvalue weighted by molar-refractivity contribution is 0.121. The van der Waals surface area contributed by atoms with Crippen molar-refractivity contribution in [3.8, 4) is 0 Å². The number of hydrogen-bond acceptors (Lipinski definition) is 4. The maximum atomic E-state index is 4.43. The van der Waals surface area contributed by atoms with Crippen molar-refractivity contribution < 1.29 is 0 Å². The van der Waals surface area contributed by atoms with Crippen molar-refractivity contribution in [2.75, 3.05) is 45.6 Å². The van der Waals surface area contributed by atoms with Gasteiger partial charge in [-0.05, 0) is 26.9 Å². The molecule has 2 aliphatic rings. The van der Waals surface area contributed by atoms with Gasteiger partial charge in [0, 0.05) is 50.7 Å². The number of rotatable bonds is 4. The summed E-state index contributed by atoms with van der Waals surface area (Å²) in [5.74, 6) is 1.04. The molecule has 1 atom stereocenters. The Kier molecular flexibility index (Phi) is 3.26. The number of aromatic nitrogens is 2. The molecule has 0 aromatic carbocycles. The van der Waals surface area contributed by atoms with Crippen molar-refractivity contribution in [3.63, 3.8) is 0 Å². The van der Waals surface area contributed by atoms with E-state index in [0.29, 0.717) is 12.1 Å². The van der Waals surface area contributed by atoms with Gasteiger partial charge in [-0.2, -0.15) is 0 Å². The third-order valence-corrected chi connectivity index (χ3v) is 4.08. The fourth-order valence-corrected chi connectivity index (χ4v) is 2.63. The fourth-order valence-electron chi connectivity index (χ4n) is 2.63. The van der Waals surface area contributed by atoms with E-state index in [9.17, 15) is 0 Å². The van der Waals surface area contributed by atoms with Crippen LogP contribution in [0, 0.1) is 0 Å². The van der Waals surface area contributed by atoms with E-state index in [1.807, 2.05) is 6.20 Å². The van der Waals surface area contributed by atoms with E-state index < -0.39 is 0 Å². The summed E-state index contributed by atoms with van der Waals surface area (Å²) in [6, 6.07) is 1.27. The highest BCUT2D eigenvalue weighted by atomic mass is 15.3. The van der Waals surface area contributed by atoms with Crippen LogP contribution in [-0.2, 0) is 0 Å². The Bertz CT molecular complexity index is 398. The summed E-state index contributed by atoms with van der Waals surface area (Å²) in [6.45, 7) is 4.43. The summed E-state index contributed by atoms with van der Waals surface area (Å²) >= 11 is 0. The molecular weight excluding hydrogens is 226 g/mol. The zero-order chi connectivity index (χ0) is 12.5. The second-order valence-electron chi connectivity index (χ2n) is 5.67. The Morgan fingerprint density at radius 3 is 2.94 bits per heavy atom. The number of imidazole rings is 1. The molecule has 0 amide bonds. The molecule has 0 spiro atoms. The van der Waals surface area contributed by atoms with Gasteiger partial charge in [-0.15, -0.1) is 0 Å². The lowest BCUT2D eigenvalue weighted by Gasteiger charge is -2.37. The highest BCUT2D eigenvalue weighted by Crippen LogP contribution is 2.36. The average Bonchev–Trinajstić information content (AvgIpc) is 3.10. The zero-order valence-corrected chi connectivity index (χ0v) is 11.3. The molecular formula is C13H23N5. The third-order valence-electron chi connectivity index (χ3n) is 4.08. The van der Waals surface area contributed by atoms with Crippen LogP contribution in [0.5, 0.6) is 0 Å². The summed E-state index contributed by atoms with van der Waals surface area (Å²) in [4.78, 5) is 9.27. The Morgan fingerprint density at radius 1 is 1.33 bits per heavy atom. The van der Waals surface area contributed by atoms with Gasteiger partial charge in [-0.25, -0.2) is 4.98 Å². The molecule has 18 heavy (non-hydrogen) atoms. The van der Waals surface area contributed by atoms with Gasteiger partial charge < -0.3 is 14.8 Å². The van der Waals surface area contributed by atoms with E-state index in [4.69, 9.17) is 0 Å². The maximum Gasteiger partial charge on any atom is 0.203 e. The molecule has 1 saturated heterocycles. The molecule has 2 heterocycles. The van der Waals surface area contributed by atoms with Crippen molar-refractivity contribution >= 4 is 5.95 Å². The molecule has 0 bridgehead atoms. The van der Waals surface area contributed by atoms with Gasteiger partial charge in [0.25, 0.3) is 0 Å². The first-order chi connectivity index (χ1) is 8.74. The molecule has 5 heteroatoms. The highest BCUT2D eigenvalue weighted by molar-refractivity contribution is 5.28. The van der Waals surface area contributed by atoms with Gasteiger partial charge in [0.15, 0.2) is 0 Å². The van der Waals surface area contributed by atoms with Gasteiger partial charge in [0.2, 0.25) is 5.95 Å². The summed E-state index contributed by atoms with van der Waals surface area (Å²) in [7, 11) is 4.41. The standard InChI is InChI=1S/C13H23N5/c1-16-7-8-17(2)12(10-16)9-15-13-14-5-6-18(13)11-3-4-11/h5-6,11-12H,3-4,7-10H2,1-2H3,(H,14,15). The largest absolute Gasteiger partial charge is 0.354 e.